The van der Waals surface area contributed by atoms with Gasteiger partial charge in [0.05, 0.1) is 0 Å². The molecule has 0 heterocycles. The molecule has 1 aromatic rings. The average Bonchev–Trinajstić information content (AvgIpc) is 2.79. The maximum Gasteiger partial charge on any atom is 0.0377 e. The minimum absolute atomic E-state index is 0.350. The first-order valence-corrected chi connectivity index (χ1v) is 7.21. The SMILES string of the molecule is CC1(C)CC1CNC1c2ccccc2CC1(C)C. The van der Waals surface area contributed by atoms with Gasteiger partial charge in [-0.2, -0.15) is 0 Å². The number of hydrogen-bond acceptors (Lipinski definition) is 1. The van der Waals surface area contributed by atoms with Gasteiger partial charge in [0.2, 0.25) is 0 Å². The van der Waals surface area contributed by atoms with Gasteiger partial charge in [0.15, 0.2) is 0 Å². The first-order valence-electron chi connectivity index (χ1n) is 7.21. The lowest BCUT2D eigenvalue weighted by atomic mass is 9.85. The van der Waals surface area contributed by atoms with E-state index in [0.717, 1.165) is 5.92 Å². The molecule has 0 radical (unpaired) electrons. The first kappa shape index (κ1) is 12.2. The van der Waals surface area contributed by atoms with Gasteiger partial charge < -0.3 is 5.32 Å². The van der Waals surface area contributed by atoms with Gasteiger partial charge in [0.25, 0.3) is 0 Å². The molecule has 2 aliphatic carbocycles. The fourth-order valence-corrected chi connectivity index (χ4v) is 3.56. The van der Waals surface area contributed by atoms with Gasteiger partial charge in [-0.1, -0.05) is 52.0 Å². The molecule has 2 unspecified atom stereocenters. The van der Waals surface area contributed by atoms with E-state index in [2.05, 4.69) is 57.3 Å². The summed E-state index contributed by atoms with van der Waals surface area (Å²) in [5.41, 5.74) is 3.99. The molecule has 18 heavy (non-hydrogen) atoms. The lowest BCUT2D eigenvalue weighted by molar-refractivity contribution is 0.264. The minimum Gasteiger partial charge on any atom is -0.309 e. The van der Waals surface area contributed by atoms with Crippen LogP contribution in [0.15, 0.2) is 24.3 Å². The third-order valence-corrected chi connectivity index (χ3v) is 5.08. The van der Waals surface area contributed by atoms with E-state index < -0.39 is 0 Å². The average molecular weight is 243 g/mol. The molecule has 1 heteroatoms. The van der Waals surface area contributed by atoms with Gasteiger partial charge in [0.1, 0.15) is 0 Å². The largest absolute Gasteiger partial charge is 0.309 e. The predicted octanol–water partition coefficient (Wildman–Crippen LogP) is 3.95. The van der Waals surface area contributed by atoms with Gasteiger partial charge in [-0.25, -0.2) is 0 Å². The monoisotopic (exact) mass is 243 g/mol. The number of fused-ring (bicyclic) bond motifs is 1. The smallest absolute Gasteiger partial charge is 0.0377 e. The van der Waals surface area contributed by atoms with E-state index in [0.29, 0.717) is 16.9 Å². The van der Waals surface area contributed by atoms with Crippen molar-refractivity contribution >= 4 is 0 Å². The van der Waals surface area contributed by atoms with Crippen molar-refractivity contribution in [2.45, 2.75) is 46.6 Å². The van der Waals surface area contributed by atoms with Crippen LogP contribution in [0.4, 0.5) is 0 Å². The van der Waals surface area contributed by atoms with E-state index in [1.165, 1.54) is 30.5 Å². The Hall–Kier alpha value is -0.820. The van der Waals surface area contributed by atoms with Crippen LogP contribution in [0, 0.1) is 16.7 Å². The third-order valence-electron chi connectivity index (χ3n) is 5.08. The van der Waals surface area contributed by atoms with Crippen LogP contribution in [0.25, 0.3) is 0 Å². The van der Waals surface area contributed by atoms with Crippen LogP contribution in [0.1, 0.15) is 51.3 Å². The number of hydrogen-bond donors (Lipinski definition) is 1. The van der Waals surface area contributed by atoms with Gasteiger partial charge >= 0.3 is 0 Å². The fraction of sp³-hybridized carbons (Fsp3) is 0.647. The molecular formula is C17H25N. The van der Waals surface area contributed by atoms with Gasteiger partial charge in [0, 0.05) is 6.04 Å². The Morgan fingerprint density at radius 3 is 2.44 bits per heavy atom. The Kier molecular flexibility index (Phi) is 2.60. The molecule has 2 atom stereocenters. The van der Waals surface area contributed by atoms with E-state index in [-0.39, 0.29) is 0 Å². The summed E-state index contributed by atoms with van der Waals surface area (Å²) in [5.74, 6) is 0.876. The van der Waals surface area contributed by atoms with Crippen molar-refractivity contribution in [3.05, 3.63) is 35.4 Å². The zero-order valence-corrected chi connectivity index (χ0v) is 12.1. The number of benzene rings is 1. The zero-order chi connectivity index (χ0) is 13.0. The highest BCUT2D eigenvalue weighted by Gasteiger charge is 2.46. The third kappa shape index (κ3) is 1.99. The van der Waals surface area contributed by atoms with E-state index >= 15 is 0 Å². The molecule has 1 nitrogen and oxygen atoms in total. The summed E-state index contributed by atoms with van der Waals surface area (Å²) < 4.78 is 0. The molecule has 98 valence electrons. The van der Waals surface area contributed by atoms with Crippen LogP contribution in [0.5, 0.6) is 0 Å². The van der Waals surface area contributed by atoms with E-state index in [1.54, 1.807) is 0 Å². The highest BCUT2D eigenvalue weighted by Crippen LogP contribution is 2.52. The summed E-state index contributed by atoms with van der Waals surface area (Å²) in [4.78, 5) is 0. The molecule has 0 amide bonds. The Morgan fingerprint density at radius 2 is 1.78 bits per heavy atom. The van der Waals surface area contributed by atoms with E-state index in [4.69, 9.17) is 0 Å². The van der Waals surface area contributed by atoms with Gasteiger partial charge in [-0.15, -0.1) is 0 Å². The topological polar surface area (TPSA) is 12.0 Å². The van der Waals surface area contributed by atoms with Crippen molar-refractivity contribution in [3.63, 3.8) is 0 Å². The Morgan fingerprint density at radius 1 is 1.11 bits per heavy atom. The van der Waals surface area contributed by atoms with Crippen LogP contribution in [-0.4, -0.2) is 6.54 Å². The van der Waals surface area contributed by atoms with E-state index in [9.17, 15) is 0 Å². The van der Waals surface area contributed by atoms with Crippen LogP contribution >= 0.6 is 0 Å². The second kappa shape index (κ2) is 3.84. The number of nitrogens with one attached hydrogen (secondary N) is 1. The molecule has 0 spiro atoms. The highest BCUT2D eigenvalue weighted by molar-refractivity contribution is 5.37. The molecule has 1 saturated carbocycles. The zero-order valence-electron chi connectivity index (χ0n) is 12.1. The minimum atomic E-state index is 0.350. The van der Waals surface area contributed by atoms with Crippen LogP contribution < -0.4 is 5.32 Å². The maximum absolute atomic E-state index is 3.85. The predicted molar refractivity (Wildman–Crippen MR) is 76.6 cm³/mol. The van der Waals surface area contributed by atoms with E-state index in [1.807, 2.05) is 0 Å². The molecule has 2 aliphatic rings. The molecule has 1 aromatic carbocycles. The highest BCUT2D eigenvalue weighted by atomic mass is 15.0. The lowest BCUT2D eigenvalue weighted by Crippen LogP contribution is -2.33. The second-order valence-corrected chi connectivity index (χ2v) is 7.60. The molecule has 0 aliphatic heterocycles. The van der Waals surface area contributed by atoms with Crippen molar-refractivity contribution in [1.29, 1.82) is 0 Å². The fourth-order valence-electron chi connectivity index (χ4n) is 3.56. The molecular weight excluding hydrogens is 218 g/mol. The summed E-state index contributed by atoms with van der Waals surface area (Å²) in [7, 11) is 0. The lowest BCUT2D eigenvalue weighted by Gasteiger charge is -2.29. The van der Waals surface area contributed by atoms with Crippen molar-refractivity contribution in [1.82, 2.24) is 5.32 Å². The van der Waals surface area contributed by atoms with Crippen molar-refractivity contribution in [3.8, 4) is 0 Å². The number of rotatable bonds is 3. The summed E-state index contributed by atoms with van der Waals surface area (Å²) in [6.07, 6.45) is 2.59. The van der Waals surface area contributed by atoms with Crippen LogP contribution in [-0.2, 0) is 6.42 Å². The maximum atomic E-state index is 3.85. The Bertz CT molecular complexity index is 458. The normalized spacial score (nSPS) is 31.1. The summed E-state index contributed by atoms with van der Waals surface area (Å²) in [6, 6.07) is 9.47. The molecule has 1 fully saturated rings. The van der Waals surface area contributed by atoms with Crippen LogP contribution in [0.2, 0.25) is 0 Å². The quantitative estimate of drug-likeness (QED) is 0.847. The van der Waals surface area contributed by atoms with Gasteiger partial charge in [-0.05, 0) is 47.3 Å². The Balaban J connectivity index is 1.74. The van der Waals surface area contributed by atoms with Gasteiger partial charge in [-0.3, -0.25) is 0 Å². The van der Waals surface area contributed by atoms with Crippen molar-refractivity contribution in [2.75, 3.05) is 6.54 Å². The summed E-state index contributed by atoms with van der Waals surface area (Å²) in [5, 5.41) is 3.85. The second-order valence-electron chi connectivity index (χ2n) is 7.60. The first-order chi connectivity index (χ1) is 8.40. The van der Waals surface area contributed by atoms with Crippen LogP contribution in [0.3, 0.4) is 0 Å². The van der Waals surface area contributed by atoms with Crippen molar-refractivity contribution < 1.29 is 0 Å². The molecule has 1 N–H and O–H groups in total. The Labute approximate surface area is 111 Å². The molecule has 0 saturated heterocycles. The molecule has 0 aromatic heterocycles. The summed E-state index contributed by atoms with van der Waals surface area (Å²) in [6.45, 7) is 10.7. The standard InChI is InChI=1S/C17H25N/c1-16(2)10-13(16)11-18-15-14-8-6-5-7-12(14)9-17(15,3)4/h5-8,13,15,18H,9-11H2,1-4H3. The molecule has 3 rings (SSSR count). The summed E-state index contributed by atoms with van der Waals surface area (Å²) >= 11 is 0. The van der Waals surface area contributed by atoms with Crippen molar-refractivity contribution in [2.24, 2.45) is 16.7 Å². The molecule has 0 bridgehead atoms.